The molecule has 1 aliphatic rings. The van der Waals surface area contributed by atoms with Crippen LogP contribution in [-0.2, 0) is 11.2 Å². The van der Waals surface area contributed by atoms with E-state index in [1.807, 2.05) is 12.3 Å². The predicted octanol–water partition coefficient (Wildman–Crippen LogP) is 1.69. The molecule has 4 heteroatoms. The Labute approximate surface area is 112 Å². The van der Waals surface area contributed by atoms with E-state index in [0.717, 1.165) is 11.9 Å². The van der Waals surface area contributed by atoms with E-state index in [-0.39, 0.29) is 12.0 Å². The van der Waals surface area contributed by atoms with Crippen LogP contribution in [0.2, 0.25) is 0 Å². The van der Waals surface area contributed by atoms with Gasteiger partial charge in [-0.25, -0.2) is 0 Å². The van der Waals surface area contributed by atoms with Gasteiger partial charge in [-0.05, 0) is 42.0 Å². The van der Waals surface area contributed by atoms with Crippen molar-refractivity contribution in [3.8, 4) is 0 Å². The summed E-state index contributed by atoms with van der Waals surface area (Å²) < 4.78 is 0. The topological polar surface area (TPSA) is 56.3 Å². The number of nitrogens with one attached hydrogen (secondary N) is 1. The molecule has 3 rings (SSSR count). The highest BCUT2D eigenvalue weighted by Gasteiger charge is 2.23. The molecular formula is C15H18N2O2. The number of hydrogen-bond acceptors (Lipinski definition) is 2. The van der Waals surface area contributed by atoms with E-state index in [1.54, 1.807) is 4.90 Å². The number of nitrogens with zero attached hydrogens (tertiary/aromatic N) is 1. The Hall–Kier alpha value is -1.81. The maximum absolute atomic E-state index is 12.0. The minimum Gasteiger partial charge on any atom is -0.391 e. The lowest BCUT2D eigenvalue weighted by Crippen LogP contribution is -2.29. The number of carbonyl (C=O) groups excluding carboxylic acids is 1. The third kappa shape index (κ3) is 2.63. The van der Waals surface area contributed by atoms with Crippen LogP contribution in [0.1, 0.15) is 18.4 Å². The van der Waals surface area contributed by atoms with Crippen LogP contribution in [0.3, 0.4) is 0 Å². The fourth-order valence-electron chi connectivity index (χ4n) is 2.64. The van der Waals surface area contributed by atoms with Crippen LogP contribution in [0, 0.1) is 0 Å². The largest absolute Gasteiger partial charge is 0.391 e. The predicted molar refractivity (Wildman–Crippen MR) is 73.8 cm³/mol. The summed E-state index contributed by atoms with van der Waals surface area (Å²) >= 11 is 0. The third-order valence-corrected chi connectivity index (χ3v) is 3.76. The molecule has 0 saturated carbocycles. The highest BCUT2D eigenvalue weighted by Crippen LogP contribution is 2.16. The van der Waals surface area contributed by atoms with E-state index in [4.69, 9.17) is 0 Å². The van der Waals surface area contributed by atoms with Crippen molar-refractivity contribution in [2.24, 2.45) is 0 Å². The number of likely N-dealkylation sites (tertiary alicyclic amines) is 1. The van der Waals surface area contributed by atoms with Gasteiger partial charge in [0.2, 0.25) is 5.91 Å². The van der Waals surface area contributed by atoms with E-state index >= 15 is 0 Å². The van der Waals surface area contributed by atoms with Crippen molar-refractivity contribution in [1.29, 1.82) is 0 Å². The summed E-state index contributed by atoms with van der Waals surface area (Å²) in [4.78, 5) is 16.9. The normalized spacial score (nSPS) is 19.2. The highest BCUT2D eigenvalue weighted by atomic mass is 16.3. The van der Waals surface area contributed by atoms with E-state index in [0.29, 0.717) is 25.9 Å². The van der Waals surface area contributed by atoms with E-state index in [2.05, 4.69) is 23.2 Å². The Morgan fingerprint density at radius 3 is 3.11 bits per heavy atom. The number of H-pyrrole nitrogens is 1. The molecule has 1 amide bonds. The first-order valence-electron chi connectivity index (χ1n) is 6.74. The Kier molecular flexibility index (Phi) is 3.25. The lowest BCUT2D eigenvalue weighted by molar-refractivity contribution is -0.130. The number of fused-ring (bicyclic) bond motifs is 1. The van der Waals surface area contributed by atoms with Gasteiger partial charge in [-0.15, -0.1) is 0 Å². The first-order chi connectivity index (χ1) is 9.22. The number of β-amino-alcohol motifs (C(OH)–C–C–N with tert-alkyl or cyclic N) is 1. The number of amides is 1. The molecule has 0 unspecified atom stereocenters. The Morgan fingerprint density at radius 1 is 1.42 bits per heavy atom. The van der Waals surface area contributed by atoms with Gasteiger partial charge in [-0.1, -0.05) is 6.07 Å². The van der Waals surface area contributed by atoms with Gasteiger partial charge in [0.25, 0.3) is 0 Å². The van der Waals surface area contributed by atoms with Crippen LogP contribution in [0.25, 0.3) is 10.9 Å². The van der Waals surface area contributed by atoms with Gasteiger partial charge in [0, 0.05) is 31.2 Å². The zero-order valence-corrected chi connectivity index (χ0v) is 10.8. The molecule has 0 aliphatic carbocycles. The molecule has 2 N–H and O–H groups in total. The summed E-state index contributed by atoms with van der Waals surface area (Å²) in [7, 11) is 0. The smallest absolute Gasteiger partial charge is 0.222 e. The van der Waals surface area contributed by atoms with Crippen LogP contribution < -0.4 is 0 Å². The van der Waals surface area contributed by atoms with Crippen molar-refractivity contribution in [3.05, 3.63) is 36.0 Å². The summed E-state index contributed by atoms with van der Waals surface area (Å²) in [6.07, 6.45) is 3.57. The molecule has 0 radical (unpaired) electrons. The van der Waals surface area contributed by atoms with Crippen LogP contribution >= 0.6 is 0 Å². The van der Waals surface area contributed by atoms with E-state index in [1.165, 1.54) is 10.9 Å². The van der Waals surface area contributed by atoms with E-state index < -0.39 is 0 Å². The van der Waals surface area contributed by atoms with Crippen LogP contribution in [0.15, 0.2) is 30.5 Å². The molecular weight excluding hydrogens is 240 g/mol. The maximum Gasteiger partial charge on any atom is 0.222 e. The summed E-state index contributed by atoms with van der Waals surface area (Å²) in [5.74, 6) is 0.144. The number of aromatic nitrogens is 1. The van der Waals surface area contributed by atoms with Gasteiger partial charge >= 0.3 is 0 Å². The van der Waals surface area contributed by atoms with Crippen molar-refractivity contribution < 1.29 is 9.90 Å². The molecule has 1 aromatic carbocycles. The molecule has 1 atom stereocenters. The number of aryl methyl sites for hydroxylation is 1. The molecule has 19 heavy (non-hydrogen) atoms. The van der Waals surface area contributed by atoms with Gasteiger partial charge in [-0.2, -0.15) is 0 Å². The highest BCUT2D eigenvalue weighted by molar-refractivity contribution is 5.80. The minimum atomic E-state index is -0.333. The second-order valence-corrected chi connectivity index (χ2v) is 5.18. The van der Waals surface area contributed by atoms with Gasteiger partial charge < -0.3 is 15.0 Å². The second-order valence-electron chi connectivity index (χ2n) is 5.18. The average molecular weight is 258 g/mol. The molecule has 4 nitrogen and oxygen atoms in total. The van der Waals surface area contributed by atoms with Crippen LogP contribution in [0.5, 0.6) is 0 Å². The van der Waals surface area contributed by atoms with Gasteiger partial charge in [0.05, 0.1) is 6.10 Å². The van der Waals surface area contributed by atoms with Crippen molar-refractivity contribution >= 4 is 16.8 Å². The minimum absolute atomic E-state index is 0.144. The quantitative estimate of drug-likeness (QED) is 0.880. The fourth-order valence-corrected chi connectivity index (χ4v) is 2.64. The van der Waals surface area contributed by atoms with Gasteiger partial charge in [-0.3, -0.25) is 4.79 Å². The Bertz CT molecular complexity index is 591. The number of aromatic amines is 1. The monoisotopic (exact) mass is 258 g/mol. The number of carbonyl (C=O) groups is 1. The molecule has 0 spiro atoms. The molecule has 100 valence electrons. The van der Waals surface area contributed by atoms with Gasteiger partial charge in [0.1, 0.15) is 0 Å². The summed E-state index contributed by atoms with van der Waals surface area (Å²) in [5, 5.41) is 10.6. The van der Waals surface area contributed by atoms with Crippen molar-refractivity contribution in [2.45, 2.75) is 25.4 Å². The molecule has 1 aromatic heterocycles. The number of hydrogen-bond donors (Lipinski definition) is 2. The number of benzene rings is 1. The van der Waals surface area contributed by atoms with Crippen LogP contribution in [0.4, 0.5) is 0 Å². The summed E-state index contributed by atoms with van der Waals surface area (Å²) in [5.41, 5.74) is 2.30. The van der Waals surface area contributed by atoms with Crippen molar-refractivity contribution in [1.82, 2.24) is 9.88 Å². The molecule has 1 saturated heterocycles. The number of aliphatic hydroxyl groups is 1. The fraction of sp³-hybridized carbons (Fsp3) is 0.400. The lowest BCUT2D eigenvalue weighted by Gasteiger charge is -2.15. The van der Waals surface area contributed by atoms with E-state index in [9.17, 15) is 9.90 Å². The maximum atomic E-state index is 12.0. The first kappa shape index (κ1) is 12.2. The summed E-state index contributed by atoms with van der Waals surface area (Å²) in [6.45, 7) is 1.19. The molecule has 2 aromatic rings. The van der Waals surface area contributed by atoms with Crippen molar-refractivity contribution in [3.63, 3.8) is 0 Å². The molecule has 2 heterocycles. The zero-order valence-electron chi connectivity index (χ0n) is 10.8. The molecule has 1 aliphatic heterocycles. The van der Waals surface area contributed by atoms with Crippen molar-refractivity contribution in [2.75, 3.05) is 13.1 Å². The second kappa shape index (κ2) is 5.05. The zero-order chi connectivity index (χ0) is 13.2. The molecule has 1 fully saturated rings. The van der Waals surface area contributed by atoms with Gasteiger partial charge in [0.15, 0.2) is 0 Å². The first-order valence-corrected chi connectivity index (χ1v) is 6.74. The van der Waals surface area contributed by atoms with Crippen LogP contribution in [-0.4, -0.2) is 40.1 Å². The number of aliphatic hydroxyl groups excluding tert-OH is 1. The lowest BCUT2D eigenvalue weighted by atomic mass is 10.1. The average Bonchev–Trinajstić information content (AvgIpc) is 3.03. The SMILES string of the molecule is O=C(CCc1ccc2[nH]ccc2c1)N1CC[C@@H](O)C1. The third-order valence-electron chi connectivity index (χ3n) is 3.76. The standard InChI is InChI=1S/C15H18N2O2/c18-13-6-8-17(10-13)15(19)4-2-11-1-3-14-12(9-11)5-7-16-14/h1,3,5,7,9,13,16,18H,2,4,6,8,10H2/t13-/m1/s1. The Morgan fingerprint density at radius 2 is 2.32 bits per heavy atom. The Balaban J connectivity index is 1.60. The molecule has 0 bridgehead atoms. The summed E-state index contributed by atoms with van der Waals surface area (Å²) in [6, 6.07) is 8.27. The number of rotatable bonds is 3.